The minimum atomic E-state index is 0.840. The van der Waals surface area contributed by atoms with Gasteiger partial charge in [0.15, 0.2) is 0 Å². The molecular weight excluding hydrogens is 198 g/mol. The smallest absolute Gasteiger partial charge is 0.120 e. The number of hydrogen-bond acceptors (Lipinski definition) is 2. The van der Waals surface area contributed by atoms with E-state index in [0.29, 0.717) is 0 Å². The number of rotatable bonds is 1. The molecule has 1 fully saturated rings. The van der Waals surface area contributed by atoms with Crippen molar-refractivity contribution < 1.29 is 0 Å². The maximum atomic E-state index is 4.11. The first-order chi connectivity index (χ1) is 4.38. The van der Waals surface area contributed by atoms with E-state index in [1.165, 1.54) is 17.7 Å². The molecule has 9 heavy (non-hydrogen) atoms. The van der Waals surface area contributed by atoms with Crippen molar-refractivity contribution in [3.05, 3.63) is 15.0 Å². The average molecular weight is 204 g/mol. The zero-order valence-corrected chi connectivity index (χ0v) is 7.20. The minimum absolute atomic E-state index is 0.840. The first-order valence-corrected chi connectivity index (χ1v) is 4.64. The lowest BCUT2D eigenvalue weighted by atomic mass is 10.4. The van der Waals surface area contributed by atoms with Crippen LogP contribution in [-0.4, -0.2) is 4.98 Å². The number of aromatic nitrogens is 1. The second-order valence-corrected chi connectivity index (χ2v) is 3.92. The van der Waals surface area contributed by atoms with Crippen molar-refractivity contribution in [1.29, 1.82) is 0 Å². The van der Waals surface area contributed by atoms with Crippen molar-refractivity contribution in [2.45, 2.75) is 18.8 Å². The molecule has 1 aliphatic carbocycles. The molecule has 0 saturated heterocycles. The van der Waals surface area contributed by atoms with Crippen molar-refractivity contribution in [2.24, 2.45) is 0 Å². The standard InChI is InChI=1S/C6H6BrNS/c7-6-5(4-1-2-4)9-3-8-6/h3-4H,1-2H2. The molecule has 0 radical (unpaired) electrons. The van der Waals surface area contributed by atoms with E-state index in [0.717, 1.165) is 10.5 Å². The molecule has 0 aromatic carbocycles. The summed E-state index contributed by atoms with van der Waals surface area (Å²) in [5.74, 6) is 0.840. The molecule has 1 aliphatic rings. The normalized spacial score (nSPS) is 18.3. The molecule has 0 bridgehead atoms. The fourth-order valence-electron chi connectivity index (χ4n) is 0.852. The fraction of sp³-hybridized carbons (Fsp3) is 0.500. The third kappa shape index (κ3) is 1.03. The Balaban J connectivity index is 2.35. The Morgan fingerprint density at radius 3 is 2.89 bits per heavy atom. The summed E-state index contributed by atoms with van der Waals surface area (Å²) in [6.07, 6.45) is 2.72. The highest BCUT2D eigenvalue weighted by Gasteiger charge is 2.27. The molecule has 3 heteroatoms. The summed E-state index contributed by atoms with van der Waals surface area (Å²) in [5.41, 5.74) is 1.90. The lowest BCUT2D eigenvalue weighted by molar-refractivity contribution is 1.14. The van der Waals surface area contributed by atoms with E-state index < -0.39 is 0 Å². The largest absolute Gasteiger partial charge is 0.237 e. The molecule has 1 saturated carbocycles. The van der Waals surface area contributed by atoms with Gasteiger partial charge in [-0.05, 0) is 34.7 Å². The third-order valence-electron chi connectivity index (χ3n) is 1.50. The van der Waals surface area contributed by atoms with Gasteiger partial charge in [0.2, 0.25) is 0 Å². The van der Waals surface area contributed by atoms with Crippen LogP contribution in [0.4, 0.5) is 0 Å². The fourth-order valence-corrected chi connectivity index (χ4v) is 2.54. The van der Waals surface area contributed by atoms with E-state index in [2.05, 4.69) is 20.9 Å². The lowest BCUT2D eigenvalue weighted by Gasteiger charge is -1.86. The Labute approximate surface area is 66.2 Å². The monoisotopic (exact) mass is 203 g/mol. The summed E-state index contributed by atoms with van der Waals surface area (Å²) in [6, 6.07) is 0. The van der Waals surface area contributed by atoms with Gasteiger partial charge >= 0.3 is 0 Å². The van der Waals surface area contributed by atoms with Gasteiger partial charge in [0.05, 0.1) is 5.51 Å². The molecule has 1 nitrogen and oxygen atoms in total. The molecule has 1 aromatic rings. The Morgan fingerprint density at radius 2 is 2.44 bits per heavy atom. The lowest BCUT2D eigenvalue weighted by Crippen LogP contribution is -1.70. The van der Waals surface area contributed by atoms with Gasteiger partial charge in [0, 0.05) is 4.88 Å². The maximum Gasteiger partial charge on any atom is 0.120 e. The quantitative estimate of drug-likeness (QED) is 0.685. The van der Waals surface area contributed by atoms with Crippen LogP contribution in [0.25, 0.3) is 0 Å². The zero-order chi connectivity index (χ0) is 6.27. The van der Waals surface area contributed by atoms with E-state index in [4.69, 9.17) is 0 Å². The van der Waals surface area contributed by atoms with Crippen LogP contribution in [0.2, 0.25) is 0 Å². The van der Waals surface area contributed by atoms with E-state index in [1.54, 1.807) is 11.3 Å². The van der Waals surface area contributed by atoms with Gasteiger partial charge in [-0.25, -0.2) is 4.98 Å². The van der Waals surface area contributed by atoms with E-state index in [1.807, 2.05) is 5.51 Å². The molecule has 0 spiro atoms. The first-order valence-electron chi connectivity index (χ1n) is 2.97. The van der Waals surface area contributed by atoms with Crippen LogP contribution in [0, 0.1) is 0 Å². The molecule has 48 valence electrons. The Kier molecular flexibility index (Phi) is 1.34. The minimum Gasteiger partial charge on any atom is -0.237 e. The molecular formula is C6H6BrNS. The predicted octanol–water partition coefficient (Wildman–Crippen LogP) is 2.78. The first kappa shape index (κ1) is 5.86. The van der Waals surface area contributed by atoms with Crippen molar-refractivity contribution in [3.8, 4) is 0 Å². The van der Waals surface area contributed by atoms with E-state index in [9.17, 15) is 0 Å². The van der Waals surface area contributed by atoms with Gasteiger partial charge in [-0.3, -0.25) is 0 Å². The molecule has 2 rings (SSSR count). The van der Waals surface area contributed by atoms with Crippen LogP contribution in [0.3, 0.4) is 0 Å². The zero-order valence-electron chi connectivity index (χ0n) is 4.80. The molecule has 0 amide bonds. The highest BCUT2D eigenvalue weighted by Crippen LogP contribution is 2.44. The summed E-state index contributed by atoms with van der Waals surface area (Å²) in [5, 5.41) is 0. The highest BCUT2D eigenvalue weighted by molar-refractivity contribution is 9.10. The molecule has 0 atom stereocenters. The van der Waals surface area contributed by atoms with Gasteiger partial charge in [0.25, 0.3) is 0 Å². The van der Waals surface area contributed by atoms with E-state index >= 15 is 0 Å². The maximum absolute atomic E-state index is 4.11. The number of hydrogen-bond donors (Lipinski definition) is 0. The van der Waals surface area contributed by atoms with Crippen molar-refractivity contribution >= 4 is 27.3 Å². The van der Waals surface area contributed by atoms with Crippen LogP contribution in [0.5, 0.6) is 0 Å². The number of thiazole rings is 1. The molecule has 0 aliphatic heterocycles. The van der Waals surface area contributed by atoms with Crippen LogP contribution in [0.1, 0.15) is 23.6 Å². The molecule has 0 unspecified atom stereocenters. The SMILES string of the molecule is Brc1ncsc1C1CC1. The summed E-state index contributed by atoms with van der Waals surface area (Å²) < 4.78 is 1.06. The number of halogens is 1. The van der Waals surface area contributed by atoms with Crippen molar-refractivity contribution in [3.63, 3.8) is 0 Å². The van der Waals surface area contributed by atoms with E-state index in [-0.39, 0.29) is 0 Å². The highest BCUT2D eigenvalue weighted by atomic mass is 79.9. The van der Waals surface area contributed by atoms with Gasteiger partial charge in [-0.1, -0.05) is 0 Å². The van der Waals surface area contributed by atoms with Crippen LogP contribution in [0.15, 0.2) is 10.1 Å². The summed E-state index contributed by atoms with van der Waals surface area (Å²) in [6.45, 7) is 0. The second kappa shape index (κ2) is 2.06. The van der Waals surface area contributed by atoms with Crippen LogP contribution in [-0.2, 0) is 0 Å². The third-order valence-corrected chi connectivity index (χ3v) is 3.38. The van der Waals surface area contributed by atoms with Gasteiger partial charge in [-0.2, -0.15) is 0 Å². The summed E-state index contributed by atoms with van der Waals surface area (Å²) in [7, 11) is 0. The second-order valence-electron chi connectivity index (χ2n) is 2.28. The Morgan fingerprint density at radius 1 is 1.67 bits per heavy atom. The van der Waals surface area contributed by atoms with Gasteiger partial charge in [0.1, 0.15) is 4.60 Å². The topological polar surface area (TPSA) is 12.9 Å². The molecule has 1 aromatic heterocycles. The predicted molar refractivity (Wildman–Crippen MR) is 41.8 cm³/mol. The molecule has 0 N–H and O–H groups in total. The van der Waals surface area contributed by atoms with Crippen molar-refractivity contribution in [1.82, 2.24) is 4.98 Å². The summed E-state index contributed by atoms with van der Waals surface area (Å²) in [4.78, 5) is 5.55. The Hall–Kier alpha value is 0.110. The van der Waals surface area contributed by atoms with Crippen LogP contribution >= 0.6 is 27.3 Å². The average Bonchev–Trinajstić information content (AvgIpc) is 2.58. The van der Waals surface area contributed by atoms with Crippen LogP contribution < -0.4 is 0 Å². The summed E-state index contributed by atoms with van der Waals surface area (Å²) >= 11 is 5.17. The number of nitrogens with zero attached hydrogens (tertiary/aromatic N) is 1. The molecule has 1 heterocycles. The Bertz CT molecular complexity index is 217. The van der Waals surface area contributed by atoms with Crippen molar-refractivity contribution in [2.75, 3.05) is 0 Å². The van der Waals surface area contributed by atoms with Gasteiger partial charge < -0.3 is 0 Å². The van der Waals surface area contributed by atoms with Gasteiger partial charge in [-0.15, -0.1) is 11.3 Å².